The molecule has 0 spiro atoms. The molecule has 0 N–H and O–H groups in total. The minimum atomic E-state index is -0.439. The topological polar surface area (TPSA) is 27.0 Å². The molecule has 17 heavy (non-hydrogen) atoms. The highest BCUT2D eigenvalue weighted by Crippen LogP contribution is 2.13. The van der Waals surface area contributed by atoms with Crippen molar-refractivity contribution in [2.45, 2.75) is 20.4 Å². The number of rotatable bonds is 5. The summed E-state index contributed by atoms with van der Waals surface area (Å²) in [7, 11) is 0. The van der Waals surface area contributed by atoms with Crippen LogP contribution in [-0.4, -0.2) is 18.0 Å². The summed E-state index contributed by atoms with van der Waals surface area (Å²) in [6.45, 7) is 5.32. The molecule has 0 bridgehead atoms. The zero-order valence-electron chi connectivity index (χ0n) is 10.1. The largest absolute Gasteiger partial charge is 0.298 e. The number of hydrogen-bond acceptors (Lipinski definition) is 2. The third-order valence-corrected chi connectivity index (χ3v) is 2.60. The van der Waals surface area contributed by atoms with Crippen molar-refractivity contribution in [3.05, 3.63) is 35.4 Å². The van der Waals surface area contributed by atoms with Crippen molar-refractivity contribution in [1.82, 2.24) is 4.90 Å². The van der Waals surface area contributed by atoms with Gasteiger partial charge in [-0.1, -0.05) is 6.92 Å². The van der Waals surface area contributed by atoms with Crippen LogP contribution in [0.2, 0.25) is 0 Å². The molecule has 0 fully saturated rings. The highest BCUT2D eigenvalue weighted by Gasteiger charge is 2.11. The quantitative estimate of drug-likeness (QED) is 0.788. The average Bonchev–Trinajstić information content (AvgIpc) is 2.32. The van der Waals surface area contributed by atoms with Crippen LogP contribution in [0.3, 0.4) is 0 Å². The van der Waals surface area contributed by atoms with Crippen molar-refractivity contribution < 1.29 is 8.78 Å². The van der Waals surface area contributed by atoms with Crippen LogP contribution >= 0.6 is 0 Å². The number of halogens is 2. The van der Waals surface area contributed by atoms with Crippen LogP contribution in [0.4, 0.5) is 8.78 Å². The molecular weight excluding hydrogens is 222 g/mol. The van der Waals surface area contributed by atoms with E-state index in [0.29, 0.717) is 25.2 Å². The minimum Gasteiger partial charge on any atom is -0.298 e. The first-order chi connectivity index (χ1) is 8.06. The smallest absolute Gasteiger partial charge is 0.127 e. The molecule has 0 amide bonds. The Kier molecular flexibility index (Phi) is 5.05. The van der Waals surface area contributed by atoms with Gasteiger partial charge >= 0.3 is 0 Å². The van der Waals surface area contributed by atoms with Crippen LogP contribution in [0.15, 0.2) is 18.2 Å². The molecule has 0 aromatic heterocycles. The van der Waals surface area contributed by atoms with Gasteiger partial charge in [-0.15, -0.1) is 0 Å². The third-order valence-electron chi connectivity index (χ3n) is 2.60. The Labute approximate surface area is 100 Å². The fraction of sp³-hybridized carbons (Fsp3) is 0.462. The second-order valence-corrected chi connectivity index (χ2v) is 4.09. The van der Waals surface area contributed by atoms with Crippen molar-refractivity contribution in [2.75, 3.05) is 13.1 Å². The fourth-order valence-corrected chi connectivity index (χ4v) is 1.64. The van der Waals surface area contributed by atoms with E-state index < -0.39 is 11.6 Å². The number of nitrogens with zero attached hydrogens (tertiary/aromatic N) is 2. The van der Waals surface area contributed by atoms with Gasteiger partial charge in [0, 0.05) is 18.7 Å². The van der Waals surface area contributed by atoms with Crippen LogP contribution in [0.1, 0.15) is 19.4 Å². The van der Waals surface area contributed by atoms with E-state index in [1.165, 1.54) is 6.07 Å². The molecule has 1 aromatic rings. The van der Waals surface area contributed by atoms with E-state index in [1.54, 1.807) is 0 Å². The summed E-state index contributed by atoms with van der Waals surface area (Å²) in [5.74, 6) is -0.966. The molecule has 2 nitrogen and oxygen atoms in total. The van der Waals surface area contributed by atoms with Gasteiger partial charge in [0.15, 0.2) is 0 Å². The van der Waals surface area contributed by atoms with Crippen molar-refractivity contribution in [1.29, 1.82) is 5.26 Å². The van der Waals surface area contributed by atoms with E-state index >= 15 is 0 Å². The molecule has 92 valence electrons. The number of hydrogen-bond donors (Lipinski definition) is 0. The standard InChI is InChI=1S/C13H16F2N2/c1-3-17(8-10(2)7-16)9-11-6-12(14)4-5-13(11)15/h4-6,10H,3,8-9H2,1-2H3. The maximum absolute atomic E-state index is 13.4. The Morgan fingerprint density at radius 2 is 2.12 bits per heavy atom. The second-order valence-electron chi connectivity index (χ2n) is 4.09. The van der Waals surface area contributed by atoms with Gasteiger partial charge in [0.1, 0.15) is 11.6 Å². The Balaban J connectivity index is 2.74. The molecule has 1 aromatic carbocycles. The van der Waals surface area contributed by atoms with Gasteiger partial charge < -0.3 is 0 Å². The first-order valence-corrected chi connectivity index (χ1v) is 5.62. The molecule has 0 heterocycles. The SMILES string of the molecule is CCN(Cc1cc(F)ccc1F)CC(C)C#N. The van der Waals surface area contributed by atoms with Crippen molar-refractivity contribution in [2.24, 2.45) is 5.92 Å². The molecule has 4 heteroatoms. The van der Waals surface area contributed by atoms with Crippen LogP contribution in [-0.2, 0) is 6.54 Å². The molecule has 0 aliphatic rings. The van der Waals surface area contributed by atoms with Crippen molar-refractivity contribution in [3.8, 4) is 6.07 Å². The Bertz CT molecular complexity index is 412. The molecule has 0 saturated heterocycles. The summed E-state index contributed by atoms with van der Waals surface area (Å²) < 4.78 is 26.4. The summed E-state index contributed by atoms with van der Waals surface area (Å²) in [6, 6.07) is 5.57. The molecule has 1 rings (SSSR count). The van der Waals surface area contributed by atoms with Gasteiger partial charge in [0.25, 0.3) is 0 Å². The van der Waals surface area contributed by atoms with Crippen LogP contribution < -0.4 is 0 Å². The summed E-state index contributed by atoms with van der Waals surface area (Å²) in [6.07, 6.45) is 0. The second kappa shape index (κ2) is 6.31. The first kappa shape index (κ1) is 13.6. The molecule has 1 unspecified atom stereocenters. The zero-order valence-corrected chi connectivity index (χ0v) is 10.1. The van der Waals surface area contributed by atoms with Crippen LogP contribution in [0, 0.1) is 28.9 Å². The molecule has 0 saturated carbocycles. The molecule has 1 atom stereocenters. The van der Waals surface area contributed by atoms with Gasteiger partial charge in [-0.3, -0.25) is 4.90 Å². The van der Waals surface area contributed by atoms with Gasteiger partial charge in [-0.05, 0) is 31.7 Å². The van der Waals surface area contributed by atoms with E-state index in [-0.39, 0.29) is 5.92 Å². The van der Waals surface area contributed by atoms with Crippen LogP contribution in [0.5, 0.6) is 0 Å². The van der Waals surface area contributed by atoms with E-state index in [2.05, 4.69) is 6.07 Å². The Morgan fingerprint density at radius 1 is 1.41 bits per heavy atom. The zero-order chi connectivity index (χ0) is 12.8. The lowest BCUT2D eigenvalue weighted by Crippen LogP contribution is -2.28. The normalized spacial score (nSPS) is 12.5. The molecular formula is C13H16F2N2. The summed E-state index contributed by atoms with van der Waals surface area (Å²) in [4.78, 5) is 1.92. The lowest BCUT2D eigenvalue weighted by molar-refractivity contribution is 0.256. The highest BCUT2D eigenvalue weighted by atomic mass is 19.1. The Morgan fingerprint density at radius 3 is 2.71 bits per heavy atom. The highest BCUT2D eigenvalue weighted by molar-refractivity contribution is 5.18. The van der Waals surface area contributed by atoms with Gasteiger partial charge in [0.05, 0.1) is 12.0 Å². The van der Waals surface area contributed by atoms with Gasteiger partial charge in [-0.25, -0.2) is 8.78 Å². The fourth-order valence-electron chi connectivity index (χ4n) is 1.64. The summed E-state index contributed by atoms with van der Waals surface area (Å²) >= 11 is 0. The van der Waals surface area contributed by atoms with E-state index in [4.69, 9.17) is 5.26 Å². The van der Waals surface area contributed by atoms with E-state index in [9.17, 15) is 8.78 Å². The number of benzene rings is 1. The first-order valence-electron chi connectivity index (χ1n) is 5.62. The summed E-state index contributed by atoms with van der Waals surface area (Å²) in [5, 5.41) is 8.73. The molecule has 0 radical (unpaired) electrons. The maximum Gasteiger partial charge on any atom is 0.127 e. The molecule has 0 aliphatic heterocycles. The monoisotopic (exact) mass is 238 g/mol. The Hall–Kier alpha value is -1.47. The third kappa shape index (κ3) is 4.12. The lowest BCUT2D eigenvalue weighted by atomic mass is 10.1. The van der Waals surface area contributed by atoms with Gasteiger partial charge in [-0.2, -0.15) is 5.26 Å². The minimum absolute atomic E-state index is 0.119. The van der Waals surface area contributed by atoms with Crippen LogP contribution in [0.25, 0.3) is 0 Å². The predicted molar refractivity (Wildman–Crippen MR) is 62.1 cm³/mol. The number of nitriles is 1. The maximum atomic E-state index is 13.4. The van der Waals surface area contributed by atoms with Gasteiger partial charge in [0.2, 0.25) is 0 Å². The van der Waals surface area contributed by atoms with Crippen molar-refractivity contribution in [3.63, 3.8) is 0 Å². The van der Waals surface area contributed by atoms with Crippen molar-refractivity contribution >= 4 is 0 Å². The average molecular weight is 238 g/mol. The summed E-state index contributed by atoms with van der Waals surface area (Å²) in [5.41, 5.74) is 0.331. The predicted octanol–water partition coefficient (Wildman–Crippen LogP) is 2.95. The van der Waals surface area contributed by atoms with E-state index in [1.807, 2.05) is 18.7 Å². The van der Waals surface area contributed by atoms with E-state index in [0.717, 1.165) is 12.1 Å². The molecule has 0 aliphatic carbocycles. The lowest BCUT2D eigenvalue weighted by Gasteiger charge is -2.21.